The average Bonchev–Trinajstić information content (AvgIpc) is 2.62. The summed E-state index contributed by atoms with van der Waals surface area (Å²) in [5, 5.41) is 2.49. The largest absolute Gasteiger partial charge is 0.465 e. The van der Waals surface area contributed by atoms with Crippen molar-refractivity contribution in [2.45, 2.75) is 38.9 Å². The van der Waals surface area contributed by atoms with Crippen LogP contribution < -0.4 is 5.32 Å². The molecule has 2 atom stereocenters. The molecule has 1 N–H and O–H groups in total. The minimum atomic E-state index is -0.420. The van der Waals surface area contributed by atoms with Crippen LogP contribution in [0.3, 0.4) is 0 Å². The SMILES string of the molecule is CCOC(=O)CNC(=O)C1CCC(C)O1. The molecule has 0 bridgehead atoms. The van der Waals surface area contributed by atoms with E-state index in [1.165, 1.54) is 0 Å². The summed E-state index contributed by atoms with van der Waals surface area (Å²) in [7, 11) is 0. The first-order chi connectivity index (χ1) is 7.13. The summed E-state index contributed by atoms with van der Waals surface area (Å²) in [5.41, 5.74) is 0. The molecule has 0 aromatic heterocycles. The van der Waals surface area contributed by atoms with E-state index in [-0.39, 0.29) is 18.6 Å². The second kappa shape index (κ2) is 5.70. The predicted octanol–water partition coefficient (Wildman–Crippen LogP) is 0.233. The van der Waals surface area contributed by atoms with E-state index in [0.717, 1.165) is 12.8 Å². The lowest BCUT2D eigenvalue weighted by Crippen LogP contribution is -2.38. The average molecular weight is 215 g/mol. The molecule has 1 fully saturated rings. The Bertz CT molecular complexity index is 242. The molecule has 1 saturated heterocycles. The zero-order chi connectivity index (χ0) is 11.3. The smallest absolute Gasteiger partial charge is 0.325 e. The van der Waals surface area contributed by atoms with E-state index in [0.29, 0.717) is 6.61 Å². The Hall–Kier alpha value is -1.10. The zero-order valence-electron chi connectivity index (χ0n) is 9.12. The first kappa shape index (κ1) is 12.0. The van der Waals surface area contributed by atoms with Gasteiger partial charge in [0.2, 0.25) is 5.91 Å². The summed E-state index contributed by atoms with van der Waals surface area (Å²) >= 11 is 0. The molecule has 5 nitrogen and oxygen atoms in total. The van der Waals surface area contributed by atoms with Gasteiger partial charge < -0.3 is 14.8 Å². The van der Waals surface area contributed by atoms with Gasteiger partial charge in [-0.25, -0.2) is 0 Å². The highest BCUT2D eigenvalue weighted by molar-refractivity contribution is 5.85. The van der Waals surface area contributed by atoms with Crippen LogP contribution in [0.25, 0.3) is 0 Å². The molecule has 0 aliphatic carbocycles. The van der Waals surface area contributed by atoms with E-state index in [9.17, 15) is 9.59 Å². The molecular formula is C10H17NO4. The second-order valence-corrected chi connectivity index (χ2v) is 3.54. The molecule has 5 heteroatoms. The van der Waals surface area contributed by atoms with Gasteiger partial charge in [-0.2, -0.15) is 0 Å². The number of amides is 1. The van der Waals surface area contributed by atoms with E-state index in [4.69, 9.17) is 4.74 Å². The van der Waals surface area contributed by atoms with Gasteiger partial charge in [0.25, 0.3) is 0 Å². The van der Waals surface area contributed by atoms with Crippen LogP contribution in [0.5, 0.6) is 0 Å². The lowest BCUT2D eigenvalue weighted by Gasteiger charge is -2.10. The summed E-state index contributed by atoms with van der Waals surface area (Å²) in [4.78, 5) is 22.4. The Morgan fingerprint density at radius 1 is 1.47 bits per heavy atom. The second-order valence-electron chi connectivity index (χ2n) is 3.54. The monoisotopic (exact) mass is 215 g/mol. The maximum Gasteiger partial charge on any atom is 0.325 e. The van der Waals surface area contributed by atoms with Gasteiger partial charge in [-0.05, 0) is 26.7 Å². The number of carbonyl (C=O) groups is 2. The van der Waals surface area contributed by atoms with Gasteiger partial charge in [-0.3, -0.25) is 9.59 Å². The van der Waals surface area contributed by atoms with Crippen molar-refractivity contribution in [1.82, 2.24) is 5.32 Å². The molecule has 1 rings (SSSR count). The topological polar surface area (TPSA) is 64.6 Å². The maximum absolute atomic E-state index is 11.5. The Morgan fingerprint density at radius 2 is 2.20 bits per heavy atom. The van der Waals surface area contributed by atoms with E-state index in [1.807, 2.05) is 6.92 Å². The summed E-state index contributed by atoms with van der Waals surface area (Å²) in [6, 6.07) is 0. The Kier molecular flexibility index (Phi) is 4.55. The fourth-order valence-electron chi connectivity index (χ4n) is 1.48. The number of rotatable bonds is 4. The first-order valence-corrected chi connectivity index (χ1v) is 5.22. The molecule has 86 valence electrons. The Balaban J connectivity index is 2.21. The van der Waals surface area contributed by atoms with Crippen LogP contribution in [-0.4, -0.2) is 37.2 Å². The van der Waals surface area contributed by atoms with Crippen molar-refractivity contribution in [1.29, 1.82) is 0 Å². The normalized spacial score (nSPS) is 24.9. The molecule has 0 spiro atoms. The summed E-state index contributed by atoms with van der Waals surface area (Å²) in [6.45, 7) is 3.90. The third-order valence-electron chi connectivity index (χ3n) is 2.24. The summed E-state index contributed by atoms with van der Waals surface area (Å²) < 4.78 is 10.0. The van der Waals surface area contributed by atoms with Gasteiger partial charge in [-0.15, -0.1) is 0 Å². The molecule has 0 aromatic rings. The molecule has 0 radical (unpaired) electrons. The lowest BCUT2D eigenvalue weighted by molar-refractivity contribution is -0.144. The van der Waals surface area contributed by atoms with Crippen molar-refractivity contribution in [3.05, 3.63) is 0 Å². The number of hydrogen-bond donors (Lipinski definition) is 1. The van der Waals surface area contributed by atoms with Crippen molar-refractivity contribution in [2.24, 2.45) is 0 Å². The van der Waals surface area contributed by atoms with Gasteiger partial charge in [0.15, 0.2) is 0 Å². The van der Waals surface area contributed by atoms with E-state index in [1.54, 1.807) is 6.92 Å². The van der Waals surface area contributed by atoms with Crippen LogP contribution in [0.1, 0.15) is 26.7 Å². The van der Waals surface area contributed by atoms with Crippen LogP contribution in [0, 0.1) is 0 Å². The maximum atomic E-state index is 11.5. The van der Waals surface area contributed by atoms with Crippen LogP contribution in [0.2, 0.25) is 0 Å². The van der Waals surface area contributed by atoms with Gasteiger partial charge in [0, 0.05) is 0 Å². The third-order valence-corrected chi connectivity index (χ3v) is 2.24. The molecule has 1 amide bonds. The van der Waals surface area contributed by atoms with Crippen LogP contribution in [-0.2, 0) is 19.1 Å². The highest BCUT2D eigenvalue weighted by Gasteiger charge is 2.28. The standard InChI is InChI=1S/C10H17NO4/c1-3-14-9(12)6-11-10(13)8-5-4-7(2)15-8/h7-8H,3-6H2,1-2H3,(H,11,13). The minimum absolute atomic E-state index is 0.0824. The van der Waals surface area contributed by atoms with Crippen molar-refractivity contribution < 1.29 is 19.1 Å². The highest BCUT2D eigenvalue weighted by atomic mass is 16.5. The van der Waals surface area contributed by atoms with Gasteiger partial charge in [-0.1, -0.05) is 0 Å². The van der Waals surface area contributed by atoms with Crippen LogP contribution in [0.4, 0.5) is 0 Å². The van der Waals surface area contributed by atoms with E-state index < -0.39 is 12.1 Å². The molecule has 2 unspecified atom stereocenters. The fraction of sp³-hybridized carbons (Fsp3) is 0.800. The van der Waals surface area contributed by atoms with Crippen molar-refractivity contribution >= 4 is 11.9 Å². The number of ether oxygens (including phenoxy) is 2. The highest BCUT2D eigenvalue weighted by Crippen LogP contribution is 2.18. The van der Waals surface area contributed by atoms with Crippen LogP contribution in [0.15, 0.2) is 0 Å². The molecule has 0 aromatic carbocycles. The third kappa shape index (κ3) is 3.87. The fourth-order valence-corrected chi connectivity index (χ4v) is 1.48. The number of hydrogen-bond acceptors (Lipinski definition) is 4. The molecule has 0 saturated carbocycles. The van der Waals surface area contributed by atoms with Crippen molar-refractivity contribution in [3.8, 4) is 0 Å². The van der Waals surface area contributed by atoms with Crippen molar-refractivity contribution in [3.63, 3.8) is 0 Å². The number of carbonyl (C=O) groups excluding carboxylic acids is 2. The minimum Gasteiger partial charge on any atom is -0.465 e. The van der Waals surface area contributed by atoms with Gasteiger partial charge in [0.05, 0.1) is 12.7 Å². The van der Waals surface area contributed by atoms with E-state index in [2.05, 4.69) is 10.1 Å². The molecule has 15 heavy (non-hydrogen) atoms. The quantitative estimate of drug-likeness (QED) is 0.682. The Labute approximate surface area is 89.1 Å². The summed E-state index contributed by atoms with van der Waals surface area (Å²) in [5.74, 6) is -0.649. The van der Waals surface area contributed by atoms with E-state index >= 15 is 0 Å². The summed E-state index contributed by atoms with van der Waals surface area (Å²) in [6.07, 6.45) is 1.32. The molecular weight excluding hydrogens is 198 g/mol. The number of nitrogens with one attached hydrogen (secondary N) is 1. The molecule has 1 aliphatic heterocycles. The first-order valence-electron chi connectivity index (χ1n) is 5.22. The Morgan fingerprint density at radius 3 is 2.73 bits per heavy atom. The predicted molar refractivity (Wildman–Crippen MR) is 53.2 cm³/mol. The molecule has 1 aliphatic rings. The lowest BCUT2D eigenvalue weighted by atomic mass is 10.2. The van der Waals surface area contributed by atoms with Crippen LogP contribution >= 0.6 is 0 Å². The van der Waals surface area contributed by atoms with Gasteiger partial charge >= 0.3 is 5.97 Å². The number of esters is 1. The zero-order valence-corrected chi connectivity index (χ0v) is 9.12. The van der Waals surface area contributed by atoms with Gasteiger partial charge in [0.1, 0.15) is 12.6 Å². The molecule has 1 heterocycles. The van der Waals surface area contributed by atoms with Crippen molar-refractivity contribution in [2.75, 3.05) is 13.2 Å².